The number of hydrogen-bond donors (Lipinski definition) is 2. The van der Waals surface area contributed by atoms with E-state index in [1.165, 1.54) is 24.8 Å². The molecule has 0 unspecified atom stereocenters. The highest BCUT2D eigenvalue weighted by Gasteiger charge is 2.10. The Hall–Kier alpha value is -3.34. The van der Waals surface area contributed by atoms with Crippen molar-refractivity contribution in [3.8, 4) is 11.5 Å². The fourth-order valence-electron chi connectivity index (χ4n) is 3.20. The van der Waals surface area contributed by atoms with E-state index in [1.54, 1.807) is 12.1 Å². The molecule has 2 aromatic carbocycles. The lowest BCUT2D eigenvalue weighted by Gasteiger charge is -2.10. The maximum Gasteiger partial charge on any atom is 0.255 e. The zero-order chi connectivity index (χ0) is 21.3. The van der Waals surface area contributed by atoms with Crippen LogP contribution < -0.4 is 15.8 Å². The standard InChI is InChI=1S/C25H29N3O2/c1-3-4-5-7-19-8-6-9-22(16-19)30-21-13-11-20(12-14-21)17-27-25(29)23-15-10-18(2)28-24(23)26/h6,8-16H,3-5,7,17H2,1-2H3,(H2,26,28)(H,27,29). The number of rotatable bonds is 9. The minimum atomic E-state index is -0.236. The molecule has 0 bridgehead atoms. The normalized spacial score (nSPS) is 10.6. The quantitative estimate of drug-likeness (QED) is 0.467. The van der Waals surface area contributed by atoms with Crippen molar-refractivity contribution in [2.75, 3.05) is 5.73 Å². The first-order chi connectivity index (χ1) is 14.5. The van der Waals surface area contributed by atoms with Crippen LogP contribution in [0.2, 0.25) is 0 Å². The fraction of sp³-hybridized carbons (Fsp3) is 0.280. The Balaban J connectivity index is 1.55. The summed E-state index contributed by atoms with van der Waals surface area (Å²) in [5.41, 5.74) is 9.28. The first kappa shape index (κ1) is 21.4. The van der Waals surface area contributed by atoms with E-state index in [0.717, 1.165) is 29.2 Å². The first-order valence-electron chi connectivity index (χ1n) is 10.4. The lowest BCUT2D eigenvalue weighted by Crippen LogP contribution is -2.24. The van der Waals surface area contributed by atoms with Gasteiger partial charge in [0.25, 0.3) is 5.91 Å². The molecule has 3 aromatic rings. The summed E-state index contributed by atoms with van der Waals surface area (Å²) in [5.74, 6) is 1.61. The molecule has 0 atom stereocenters. The number of aryl methyl sites for hydroxylation is 2. The Kier molecular flexibility index (Phi) is 7.44. The third-order valence-corrected chi connectivity index (χ3v) is 4.89. The molecule has 0 saturated carbocycles. The Bertz CT molecular complexity index is 984. The monoisotopic (exact) mass is 403 g/mol. The molecule has 3 rings (SSSR count). The van der Waals surface area contributed by atoms with Crippen LogP contribution in [0.5, 0.6) is 11.5 Å². The fourth-order valence-corrected chi connectivity index (χ4v) is 3.20. The van der Waals surface area contributed by atoms with Crippen molar-refractivity contribution in [3.63, 3.8) is 0 Å². The highest BCUT2D eigenvalue weighted by molar-refractivity contribution is 5.98. The van der Waals surface area contributed by atoms with Gasteiger partial charge < -0.3 is 15.8 Å². The van der Waals surface area contributed by atoms with Crippen molar-refractivity contribution >= 4 is 11.7 Å². The van der Waals surface area contributed by atoms with Crippen LogP contribution in [0, 0.1) is 6.92 Å². The van der Waals surface area contributed by atoms with Crippen LogP contribution in [-0.4, -0.2) is 10.9 Å². The number of nitrogen functional groups attached to an aromatic ring is 1. The summed E-state index contributed by atoms with van der Waals surface area (Å²) < 4.78 is 5.99. The SMILES string of the molecule is CCCCCc1cccc(Oc2ccc(CNC(=O)c3ccc(C)nc3N)cc2)c1. The number of nitrogens with one attached hydrogen (secondary N) is 1. The molecule has 0 aliphatic rings. The number of ether oxygens (including phenoxy) is 1. The van der Waals surface area contributed by atoms with E-state index in [0.29, 0.717) is 12.1 Å². The summed E-state index contributed by atoms with van der Waals surface area (Å²) in [7, 11) is 0. The number of hydrogen-bond acceptors (Lipinski definition) is 4. The molecule has 1 heterocycles. The highest BCUT2D eigenvalue weighted by atomic mass is 16.5. The number of unbranched alkanes of at least 4 members (excludes halogenated alkanes) is 2. The lowest BCUT2D eigenvalue weighted by molar-refractivity contribution is 0.0951. The van der Waals surface area contributed by atoms with Gasteiger partial charge in [0.15, 0.2) is 0 Å². The second-order valence-corrected chi connectivity index (χ2v) is 7.42. The molecule has 1 aromatic heterocycles. The third-order valence-electron chi connectivity index (χ3n) is 4.89. The summed E-state index contributed by atoms with van der Waals surface area (Å²) in [6.07, 6.45) is 4.74. The van der Waals surface area contributed by atoms with Gasteiger partial charge >= 0.3 is 0 Å². The van der Waals surface area contributed by atoms with Gasteiger partial charge in [-0.2, -0.15) is 0 Å². The van der Waals surface area contributed by atoms with Gasteiger partial charge in [-0.25, -0.2) is 4.98 Å². The molecule has 156 valence electrons. The number of carbonyl (C=O) groups excluding carboxylic acids is 1. The number of nitrogens with two attached hydrogens (primary N) is 1. The van der Waals surface area contributed by atoms with Crippen molar-refractivity contribution in [3.05, 3.63) is 83.0 Å². The van der Waals surface area contributed by atoms with Crippen LogP contribution in [0.3, 0.4) is 0 Å². The minimum Gasteiger partial charge on any atom is -0.457 e. The second-order valence-electron chi connectivity index (χ2n) is 7.42. The smallest absolute Gasteiger partial charge is 0.255 e. The molecule has 0 radical (unpaired) electrons. The average Bonchev–Trinajstić information content (AvgIpc) is 2.73. The summed E-state index contributed by atoms with van der Waals surface area (Å²) in [4.78, 5) is 16.5. The van der Waals surface area contributed by atoms with Gasteiger partial charge in [-0.3, -0.25) is 4.79 Å². The van der Waals surface area contributed by atoms with Gasteiger partial charge in [0.2, 0.25) is 0 Å². The van der Waals surface area contributed by atoms with E-state index in [9.17, 15) is 4.79 Å². The predicted molar refractivity (Wildman–Crippen MR) is 121 cm³/mol. The van der Waals surface area contributed by atoms with Crippen LogP contribution in [0.4, 0.5) is 5.82 Å². The molecule has 5 heteroatoms. The number of nitrogens with zero attached hydrogens (tertiary/aromatic N) is 1. The number of benzene rings is 2. The van der Waals surface area contributed by atoms with Gasteiger partial charge in [0.05, 0.1) is 5.56 Å². The van der Waals surface area contributed by atoms with Crippen LogP contribution in [-0.2, 0) is 13.0 Å². The molecule has 1 amide bonds. The number of carbonyl (C=O) groups is 1. The van der Waals surface area contributed by atoms with Gasteiger partial charge in [-0.1, -0.05) is 44.0 Å². The zero-order valence-electron chi connectivity index (χ0n) is 17.7. The van der Waals surface area contributed by atoms with Crippen molar-refractivity contribution in [1.29, 1.82) is 0 Å². The third kappa shape index (κ3) is 6.08. The van der Waals surface area contributed by atoms with E-state index in [-0.39, 0.29) is 11.7 Å². The maximum absolute atomic E-state index is 12.3. The Morgan fingerprint density at radius 2 is 1.80 bits per heavy atom. The number of aromatic nitrogens is 1. The highest BCUT2D eigenvalue weighted by Crippen LogP contribution is 2.23. The Labute approximate surface area is 178 Å². The van der Waals surface area contributed by atoms with E-state index >= 15 is 0 Å². The van der Waals surface area contributed by atoms with Crippen molar-refractivity contribution in [1.82, 2.24) is 10.3 Å². The van der Waals surface area contributed by atoms with Crippen molar-refractivity contribution < 1.29 is 9.53 Å². The van der Waals surface area contributed by atoms with Crippen LogP contribution >= 0.6 is 0 Å². The number of amides is 1. The zero-order valence-corrected chi connectivity index (χ0v) is 17.7. The first-order valence-corrected chi connectivity index (χ1v) is 10.4. The van der Waals surface area contributed by atoms with Gasteiger partial charge in [0.1, 0.15) is 17.3 Å². The second kappa shape index (κ2) is 10.4. The molecule has 30 heavy (non-hydrogen) atoms. The molecule has 0 spiro atoms. The van der Waals surface area contributed by atoms with Gasteiger partial charge in [-0.15, -0.1) is 0 Å². The molecule has 0 aliphatic heterocycles. The molecule has 5 nitrogen and oxygen atoms in total. The Morgan fingerprint density at radius 1 is 1.00 bits per heavy atom. The van der Waals surface area contributed by atoms with E-state index in [4.69, 9.17) is 10.5 Å². The van der Waals surface area contributed by atoms with Crippen molar-refractivity contribution in [2.24, 2.45) is 0 Å². The van der Waals surface area contributed by atoms with E-state index in [1.807, 2.05) is 43.3 Å². The molecular formula is C25H29N3O2. The molecule has 0 aliphatic carbocycles. The lowest BCUT2D eigenvalue weighted by atomic mass is 10.1. The molecular weight excluding hydrogens is 374 g/mol. The van der Waals surface area contributed by atoms with E-state index < -0.39 is 0 Å². The van der Waals surface area contributed by atoms with Crippen LogP contribution in [0.25, 0.3) is 0 Å². The van der Waals surface area contributed by atoms with E-state index in [2.05, 4.69) is 29.4 Å². The van der Waals surface area contributed by atoms with Gasteiger partial charge in [-0.05, 0) is 67.3 Å². The summed E-state index contributed by atoms with van der Waals surface area (Å²) in [5, 5.41) is 2.88. The summed E-state index contributed by atoms with van der Waals surface area (Å²) in [6.45, 7) is 4.45. The van der Waals surface area contributed by atoms with Crippen molar-refractivity contribution in [2.45, 2.75) is 46.1 Å². The van der Waals surface area contributed by atoms with Crippen LogP contribution in [0.1, 0.15) is 53.4 Å². The number of pyridine rings is 1. The maximum atomic E-state index is 12.3. The average molecular weight is 404 g/mol. The summed E-state index contributed by atoms with van der Waals surface area (Å²) in [6, 6.07) is 19.4. The summed E-state index contributed by atoms with van der Waals surface area (Å²) >= 11 is 0. The molecule has 0 fully saturated rings. The van der Waals surface area contributed by atoms with Crippen LogP contribution in [0.15, 0.2) is 60.7 Å². The topological polar surface area (TPSA) is 77.2 Å². The largest absolute Gasteiger partial charge is 0.457 e. The Morgan fingerprint density at radius 3 is 2.53 bits per heavy atom. The predicted octanol–water partition coefficient (Wildman–Crippen LogP) is 5.43. The minimum absolute atomic E-state index is 0.236. The number of anilines is 1. The molecule has 3 N–H and O–H groups in total. The molecule has 0 saturated heterocycles. The van der Waals surface area contributed by atoms with Gasteiger partial charge in [0, 0.05) is 12.2 Å².